The first-order valence-electron chi connectivity index (χ1n) is 6.45. The highest BCUT2D eigenvalue weighted by molar-refractivity contribution is 5.26. The standard InChI is InChI=1S/C15H18N2O/c18-15-5-1-12(2-6-15)10-17-8-7-13(11-17)9-16-14-3-4-14/h1-2,5-8,11,14,16,18H,3-4,9-10H2. The van der Waals surface area contributed by atoms with Gasteiger partial charge in [-0.1, -0.05) is 12.1 Å². The van der Waals surface area contributed by atoms with Gasteiger partial charge in [0.1, 0.15) is 5.75 Å². The van der Waals surface area contributed by atoms with Crippen LogP contribution in [0.2, 0.25) is 0 Å². The molecule has 0 radical (unpaired) electrons. The Hall–Kier alpha value is -1.74. The van der Waals surface area contributed by atoms with Gasteiger partial charge in [0.2, 0.25) is 0 Å². The molecule has 3 rings (SSSR count). The van der Waals surface area contributed by atoms with Crippen LogP contribution in [0, 0.1) is 0 Å². The third kappa shape index (κ3) is 2.93. The Labute approximate surface area is 107 Å². The van der Waals surface area contributed by atoms with Gasteiger partial charge >= 0.3 is 0 Å². The van der Waals surface area contributed by atoms with Crippen molar-refractivity contribution in [3.8, 4) is 5.75 Å². The molecule has 1 aromatic carbocycles. The van der Waals surface area contributed by atoms with Crippen molar-refractivity contribution in [1.29, 1.82) is 0 Å². The second kappa shape index (κ2) is 4.86. The minimum atomic E-state index is 0.320. The van der Waals surface area contributed by atoms with Gasteiger partial charge in [-0.15, -0.1) is 0 Å². The molecule has 0 saturated heterocycles. The van der Waals surface area contributed by atoms with E-state index in [-0.39, 0.29) is 0 Å². The van der Waals surface area contributed by atoms with Crippen LogP contribution in [0.5, 0.6) is 5.75 Å². The summed E-state index contributed by atoms with van der Waals surface area (Å²) in [4.78, 5) is 0. The first-order valence-corrected chi connectivity index (χ1v) is 6.45. The molecule has 3 nitrogen and oxygen atoms in total. The quantitative estimate of drug-likeness (QED) is 0.845. The molecular weight excluding hydrogens is 224 g/mol. The summed E-state index contributed by atoms with van der Waals surface area (Å²) < 4.78 is 2.18. The number of hydrogen-bond acceptors (Lipinski definition) is 2. The highest BCUT2D eigenvalue weighted by Crippen LogP contribution is 2.19. The molecule has 1 aliphatic carbocycles. The summed E-state index contributed by atoms with van der Waals surface area (Å²) in [6, 6.07) is 10.3. The van der Waals surface area contributed by atoms with E-state index in [1.807, 2.05) is 12.1 Å². The molecule has 1 saturated carbocycles. The van der Waals surface area contributed by atoms with Crippen molar-refractivity contribution in [3.63, 3.8) is 0 Å². The topological polar surface area (TPSA) is 37.2 Å². The minimum Gasteiger partial charge on any atom is -0.508 e. The minimum absolute atomic E-state index is 0.320. The zero-order valence-corrected chi connectivity index (χ0v) is 10.3. The zero-order valence-electron chi connectivity index (χ0n) is 10.3. The lowest BCUT2D eigenvalue weighted by Crippen LogP contribution is -2.14. The third-order valence-electron chi connectivity index (χ3n) is 3.29. The van der Waals surface area contributed by atoms with Gasteiger partial charge in [-0.2, -0.15) is 0 Å². The Kier molecular flexibility index (Phi) is 3.07. The van der Waals surface area contributed by atoms with Crippen LogP contribution in [-0.2, 0) is 13.1 Å². The molecule has 0 amide bonds. The molecule has 0 unspecified atom stereocenters. The monoisotopic (exact) mass is 242 g/mol. The Bertz CT molecular complexity index is 512. The predicted molar refractivity (Wildman–Crippen MR) is 71.5 cm³/mol. The van der Waals surface area contributed by atoms with E-state index in [0.717, 1.165) is 19.1 Å². The summed E-state index contributed by atoms with van der Waals surface area (Å²) in [7, 11) is 0. The number of nitrogens with zero attached hydrogens (tertiary/aromatic N) is 1. The molecule has 0 spiro atoms. The lowest BCUT2D eigenvalue weighted by molar-refractivity contribution is 0.475. The average Bonchev–Trinajstić information content (AvgIpc) is 3.10. The van der Waals surface area contributed by atoms with Gasteiger partial charge in [0.05, 0.1) is 0 Å². The van der Waals surface area contributed by atoms with E-state index in [1.165, 1.54) is 24.0 Å². The van der Waals surface area contributed by atoms with Gasteiger partial charge in [-0.05, 0) is 42.2 Å². The molecule has 1 fully saturated rings. The smallest absolute Gasteiger partial charge is 0.115 e. The fourth-order valence-electron chi connectivity index (χ4n) is 2.06. The number of aromatic hydroxyl groups is 1. The maximum Gasteiger partial charge on any atom is 0.115 e. The lowest BCUT2D eigenvalue weighted by atomic mass is 10.2. The van der Waals surface area contributed by atoms with E-state index in [2.05, 4.69) is 28.3 Å². The molecule has 1 aliphatic rings. The van der Waals surface area contributed by atoms with E-state index in [0.29, 0.717) is 5.75 Å². The van der Waals surface area contributed by atoms with Crippen LogP contribution >= 0.6 is 0 Å². The fraction of sp³-hybridized carbons (Fsp3) is 0.333. The summed E-state index contributed by atoms with van der Waals surface area (Å²) in [5.74, 6) is 0.320. The van der Waals surface area contributed by atoms with Gasteiger partial charge in [-0.25, -0.2) is 0 Å². The summed E-state index contributed by atoms with van der Waals surface area (Å²) in [6.45, 7) is 1.82. The van der Waals surface area contributed by atoms with Crippen molar-refractivity contribution in [3.05, 3.63) is 53.9 Å². The van der Waals surface area contributed by atoms with E-state index in [9.17, 15) is 5.11 Å². The number of rotatable bonds is 5. The lowest BCUT2D eigenvalue weighted by Gasteiger charge is -2.03. The SMILES string of the molecule is Oc1ccc(Cn2ccc(CNC3CC3)c2)cc1. The number of hydrogen-bond donors (Lipinski definition) is 2. The summed E-state index contributed by atoms with van der Waals surface area (Å²) in [5, 5.41) is 12.8. The van der Waals surface area contributed by atoms with Gasteiger partial charge in [0, 0.05) is 31.5 Å². The largest absolute Gasteiger partial charge is 0.508 e. The van der Waals surface area contributed by atoms with E-state index < -0.39 is 0 Å². The average molecular weight is 242 g/mol. The zero-order chi connectivity index (χ0) is 12.4. The molecule has 94 valence electrons. The summed E-state index contributed by atoms with van der Waals surface area (Å²) in [6.07, 6.45) is 6.95. The molecule has 1 heterocycles. The first-order chi connectivity index (χ1) is 8.79. The predicted octanol–water partition coefficient (Wildman–Crippen LogP) is 2.49. The van der Waals surface area contributed by atoms with Crippen molar-refractivity contribution < 1.29 is 5.11 Å². The molecule has 2 aromatic rings. The van der Waals surface area contributed by atoms with Crippen molar-refractivity contribution in [2.45, 2.75) is 32.0 Å². The molecular formula is C15H18N2O. The van der Waals surface area contributed by atoms with Gasteiger partial charge < -0.3 is 15.0 Å². The fourth-order valence-corrected chi connectivity index (χ4v) is 2.06. The van der Waals surface area contributed by atoms with E-state index in [1.54, 1.807) is 12.1 Å². The van der Waals surface area contributed by atoms with Crippen LogP contribution in [0.3, 0.4) is 0 Å². The molecule has 2 N–H and O–H groups in total. The second-order valence-electron chi connectivity index (χ2n) is 5.01. The van der Waals surface area contributed by atoms with Crippen LogP contribution in [0.25, 0.3) is 0 Å². The number of benzene rings is 1. The van der Waals surface area contributed by atoms with Gasteiger partial charge in [0.25, 0.3) is 0 Å². The number of phenolic OH excluding ortho intramolecular Hbond substituents is 1. The Morgan fingerprint density at radius 1 is 1.11 bits per heavy atom. The Balaban J connectivity index is 1.60. The maximum absolute atomic E-state index is 9.24. The number of phenols is 1. The van der Waals surface area contributed by atoms with Crippen molar-refractivity contribution in [2.75, 3.05) is 0 Å². The van der Waals surface area contributed by atoms with Crippen LogP contribution in [0.15, 0.2) is 42.7 Å². The normalized spacial score (nSPS) is 14.9. The number of nitrogens with one attached hydrogen (secondary N) is 1. The summed E-state index contributed by atoms with van der Waals surface area (Å²) >= 11 is 0. The van der Waals surface area contributed by atoms with Gasteiger partial charge in [0.15, 0.2) is 0 Å². The van der Waals surface area contributed by atoms with Crippen LogP contribution < -0.4 is 5.32 Å². The van der Waals surface area contributed by atoms with Gasteiger partial charge in [-0.3, -0.25) is 0 Å². The Morgan fingerprint density at radius 2 is 1.89 bits per heavy atom. The van der Waals surface area contributed by atoms with Crippen molar-refractivity contribution in [2.24, 2.45) is 0 Å². The first kappa shape index (κ1) is 11.4. The molecule has 1 aromatic heterocycles. The van der Waals surface area contributed by atoms with E-state index in [4.69, 9.17) is 0 Å². The van der Waals surface area contributed by atoms with Crippen molar-refractivity contribution >= 4 is 0 Å². The van der Waals surface area contributed by atoms with Crippen LogP contribution in [-0.4, -0.2) is 15.7 Å². The molecule has 18 heavy (non-hydrogen) atoms. The van der Waals surface area contributed by atoms with Crippen LogP contribution in [0.4, 0.5) is 0 Å². The number of aromatic nitrogens is 1. The molecule has 0 atom stereocenters. The highest BCUT2D eigenvalue weighted by atomic mass is 16.3. The Morgan fingerprint density at radius 3 is 2.61 bits per heavy atom. The van der Waals surface area contributed by atoms with E-state index >= 15 is 0 Å². The molecule has 0 bridgehead atoms. The molecule has 3 heteroatoms. The second-order valence-corrected chi connectivity index (χ2v) is 5.01. The summed E-state index contributed by atoms with van der Waals surface area (Å²) in [5.41, 5.74) is 2.53. The third-order valence-corrected chi connectivity index (χ3v) is 3.29. The van der Waals surface area contributed by atoms with Crippen LogP contribution in [0.1, 0.15) is 24.0 Å². The van der Waals surface area contributed by atoms with Crippen molar-refractivity contribution in [1.82, 2.24) is 9.88 Å². The molecule has 0 aliphatic heterocycles. The highest BCUT2D eigenvalue weighted by Gasteiger charge is 2.19. The maximum atomic E-state index is 9.24.